The van der Waals surface area contributed by atoms with Gasteiger partial charge < -0.3 is 9.88 Å². The summed E-state index contributed by atoms with van der Waals surface area (Å²) in [7, 11) is 1.86. The van der Waals surface area contributed by atoms with Gasteiger partial charge in [0, 0.05) is 23.3 Å². The van der Waals surface area contributed by atoms with E-state index in [4.69, 9.17) is 11.6 Å². The molecule has 0 spiro atoms. The number of nitrogens with zero attached hydrogens (tertiary/aromatic N) is 6. The molecule has 0 aliphatic heterocycles. The van der Waals surface area contributed by atoms with Crippen LogP contribution in [0.5, 0.6) is 0 Å². The molecule has 0 aliphatic rings. The molecule has 0 atom stereocenters. The first-order valence-corrected chi connectivity index (χ1v) is 8.85. The third-order valence-corrected chi connectivity index (χ3v) is 4.36. The van der Waals surface area contributed by atoms with Gasteiger partial charge in [0.25, 0.3) is 5.91 Å². The van der Waals surface area contributed by atoms with Gasteiger partial charge in [0.2, 0.25) is 0 Å². The van der Waals surface area contributed by atoms with E-state index >= 15 is 0 Å². The summed E-state index contributed by atoms with van der Waals surface area (Å²) in [5.41, 5.74) is 2.91. The quantitative estimate of drug-likeness (QED) is 0.574. The van der Waals surface area contributed by atoms with Crippen LogP contribution in [0.15, 0.2) is 54.9 Å². The number of hydrogen-bond donors (Lipinski definition) is 1. The van der Waals surface area contributed by atoms with Gasteiger partial charge in [-0.15, -0.1) is 15.3 Å². The Balaban J connectivity index is 1.59. The SMILES string of the molecule is Cc1nn(-c2cccc(Cl)c2)nc1C(=O)Nc1cccc(-c2nncn2C)c1. The van der Waals surface area contributed by atoms with Crippen molar-refractivity contribution in [1.29, 1.82) is 0 Å². The molecule has 0 saturated carbocycles. The summed E-state index contributed by atoms with van der Waals surface area (Å²) < 4.78 is 1.81. The minimum atomic E-state index is -0.346. The average molecular weight is 394 g/mol. The fraction of sp³-hybridized carbons (Fsp3) is 0.105. The Morgan fingerprint density at radius 3 is 2.68 bits per heavy atom. The zero-order chi connectivity index (χ0) is 19.7. The topological polar surface area (TPSA) is 90.5 Å². The number of anilines is 1. The van der Waals surface area contributed by atoms with Crippen molar-refractivity contribution in [3.05, 3.63) is 71.3 Å². The minimum Gasteiger partial charge on any atom is -0.321 e. The van der Waals surface area contributed by atoms with Gasteiger partial charge in [-0.05, 0) is 37.3 Å². The Morgan fingerprint density at radius 2 is 1.93 bits per heavy atom. The van der Waals surface area contributed by atoms with Crippen LogP contribution < -0.4 is 5.32 Å². The lowest BCUT2D eigenvalue weighted by Gasteiger charge is -2.06. The fourth-order valence-electron chi connectivity index (χ4n) is 2.78. The van der Waals surface area contributed by atoms with E-state index in [2.05, 4.69) is 25.7 Å². The van der Waals surface area contributed by atoms with E-state index in [9.17, 15) is 4.79 Å². The number of hydrogen-bond acceptors (Lipinski definition) is 5. The predicted molar refractivity (Wildman–Crippen MR) is 105 cm³/mol. The number of benzene rings is 2. The summed E-state index contributed by atoms with van der Waals surface area (Å²) >= 11 is 6.02. The van der Waals surface area contributed by atoms with E-state index in [-0.39, 0.29) is 11.6 Å². The molecule has 1 amide bonds. The van der Waals surface area contributed by atoms with E-state index in [1.807, 2.05) is 35.9 Å². The summed E-state index contributed by atoms with van der Waals surface area (Å²) in [6, 6.07) is 14.5. The first kappa shape index (κ1) is 17.9. The lowest BCUT2D eigenvalue weighted by atomic mass is 10.2. The fourth-order valence-corrected chi connectivity index (χ4v) is 2.96. The molecular formula is C19H16ClN7O. The van der Waals surface area contributed by atoms with Crippen molar-refractivity contribution in [2.45, 2.75) is 6.92 Å². The second kappa shape index (κ2) is 7.24. The van der Waals surface area contributed by atoms with Crippen LogP contribution in [-0.4, -0.2) is 35.7 Å². The molecule has 4 aromatic rings. The highest BCUT2D eigenvalue weighted by atomic mass is 35.5. The maximum absolute atomic E-state index is 12.7. The Bertz CT molecular complexity index is 1160. The molecule has 0 radical (unpaired) electrons. The number of nitrogens with one attached hydrogen (secondary N) is 1. The molecule has 0 aliphatic carbocycles. The number of carbonyl (C=O) groups excluding carboxylic acids is 1. The molecule has 8 nitrogen and oxygen atoms in total. The molecule has 2 heterocycles. The summed E-state index contributed by atoms with van der Waals surface area (Å²) in [5.74, 6) is 0.361. The van der Waals surface area contributed by atoms with Crippen molar-refractivity contribution in [3.63, 3.8) is 0 Å². The van der Waals surface area contributed by atoms with Gasteiger partial charge in [-0.25, -0.2) is 0 Å². The van der Waals surface area contributed by atoms with Gasteiger partial charge in [-0.2, -0.15) is 9.90 Å². The second-order valence-electron chi connectivity index (χ2n) is 6.20. The van der Waals surface area contributed by atoms with Crippen LogP contribution in [0.1, 0.15) is 16.2 Å². The molecule has 28 heavy (non-hydrogen) atoms. The number of halogens is 1. The number of amides is 1. The van der Waals surface area contributed by atoms with Crippen molar-refractivity contribution in [2.24, 2.45) is 7.05 Å². The van der Waals surface area contributed by atoms with Gasteiger partial charge in [-0.1, -0.05) is 29.8 Å². The minimum absolute atomic E-state index is 0.240. The summed E-state index contributed by atoms with van der Waals surface area (Å²) in [6.45, 7) is 1.74. The standard InChI is InChI=1S/C19H16ClN7O/c1-12-17(25-27(24-12)16-8-4-6-14(20)10-16)19(28)22-15-7-3-5-13(9-15)18-23-21-11-26(18)2/h3-11H,1-2H3,(H,22,28). The highest BCUT2D eigenvalue weighted by Gasteiger charge is 2.17. The highest BCUT2D eigenvalue weighted by molar-refractivity contribution is 6.30. The van der Waals surface area contributed by atoms with Crippen molar-refractivity contribution in [2.75, 3.05) is 5.32 Å². The van der Waals surface area contributed by atoms with Crippen LogP contribution in [0, 0.1) is 6.92 Å². The lowest BCUT2D eigenvalue weighted by molar-refractivity contribution is 0.102. The van der Waals surface area contributed by atoms with Crippen LogP contribution in [-0.2, 0) is 7.05 Å². The van der Waals surface area contributed by atoms with Gasteiger partial charge in [0.15, 0.2) is 11.5 Å². The molecule has 9 heteroatoms. The summed E-state index contributed by atoms with van der Waals surface area (Å²) in [4.78, 5) is 14.1. The predicted octanol–water partition coefficient (Wildman–Crippen LogP) is 3.28. The van der Waals surface area contributed by atoms with E-state index < -0.39 is 0 Å². The largest absolute Gasteiger partial charge is 0.321 e. The second-order valence-corrected chi connectivity index (χ2v) is 6.64. The van der Waals surface area contributed by atoms with Gasteiger partial charge in [0.05, 0.1) is 11.4 Å². The molecule has 0 bridgehead atoms. The smallest absolute Gasteiger partial charge is 0.278 e. The number of aryl methyl sites for hydroxylation is 2. The van der Waals surface area contributed by atoms with Crippen molar-refractivity contribution >= 4 is 23.2 Å². The Morgan fingerprint density at radius 1 is 1.11 bits per heavy atom. The lowest BCUT2D eigenvalue weighted by Crippen LogP contribution is -2.14. The first-order chi connectivity index (χ1) is 13.5. The normalized spacial score (nSPS) is 10.8. The average Bonchev–Trinajstić information content (AvgIpc) is 3.27. The van der Waals surface area contributed by atoms with Crippen LogP contribution in [0.2, 0.25) is 5.02 Å². The maximum Gasteiger partial charge on any atom is 0.278 e. The van der Waals surface area contributed by atoms with Crippen LogP contribution >= 0.6 is 11.6 Å². The Kier molecular flexibility index (Phi) is 4.62. The molecule has 0 saturated heterocycles. The third kappa shape index (κ3) is 3.49. The summed E-state index contributed by atoms with van der Waals surface area (Å²) in [6.07, 6.45) is 1.62. The molecule has 1 N–H and O–H groups in total. The van der Waals surface area contributed by atoms with Gasteiger partial charge >= 0.3 is 0 Å². The maximum atomic E-state index is 12.7. The van der Waals surface area contributed by atoms with Gasteiger partial charge in [0.1, 0.15) is 6.33 Å². The molecule has 2 aromatic carbocycles. The molecule has 4 rings (SSSR count). The van der Waals surface area contributed by atoms with Crippen molar-refractivity contribution < 1.29 is 4.79 Å². The van der Waals surface area contributed by atoms with E-state index in [1.54, 1.807) is 37.5 Å². The van der Waals surface area contributed by atoms with Crippen LogP contribution in [0.25, 0.3) is 17.1 Å². The Labute approximate surface area is 165 Å². The van der Waals surface area contributed by atoms with Crippen molar-refractivity contribution in [3.8, 4) is 17.1 Å². The van der Waals surface area contributed by atoms with Crippen molar-refractivity contribution in [1.82, 2.24) is 29.8 Å². The summed E-state index contributed by atoms with van der Waals surface area (Å²) in [5, 5.41) is 20.0. The number of rotatable bonds is 4. The zero-order valence-corrected chi connectivity index (χ0v) is 15.9. The molecular weight excluding hydrogens is 378 g/mol. The van der Waals surface area contributed by atoms with Crippen LogP contribution in [0.4, 0.5) is 5.69 Å². The van der Waals surface area contributed by atoms with Gasteiger partial charge in [-0.3, -0.25) is 4.79 Å². The third-order valence-electron chi connectivity index (χ3n) is 4.13. The first-order valence-electron chi connectivity index (χ1n) is 8.47. The monoisotopic (exact) mass is 393 g/mol. The molecule has 0 fully saturated rings. The Hall–Kier alpha value is -3.52. The highest BCUT2D eigenvalue weighted by Crippen LogP contribution is 2.21. The molecule has 2 aromatic heterocycles. The van der Waals surface area contributed by atoms with E-state index in [1.165, 1.54) is 4.80 Å². The van der Waals surface area contributed by atoms with E-state index in [0.29, 0.717) is 27.9 Å². The zero-order valence-electron chi connectivity index (χ0n) is 15.2. The number of carbonyl (C=O) groups is 1. The van der Waals surface area contributed by atoms with Crippen LogP contribution in [0.3, 0.4) is 0 Å². The molecule has 140 valence electrons. The molecule has 0 unspecified atom stereocenters. The van der Waals surface area contributed by atoms with E-state index in [0.717, 1.165) is 5.56 Å². The number of aromatic nitrogens is 6.